The molecule has 0 saturated carbocycles. The van der Waals surface area contributed by atoms with E-state index in [0.29, 0.717) is 17.9 Å². The summed E-state index contributed by atoms with van der Waals surface area (Å²) in [6, 6.07) is 16.0. The fraction of sp³-hybridized carbons (Fsp3) is 0.179. The Bertz CT molecular complexity index is 1350. The normalized spacial score (nSPS) is 10.4. The van der Waals surface area contributed by atoms with Crippen molar-refractivity contribution in [3.8, 4) is 11.3 Å². The lowest BCUT2D eigenvalue weighted by Gasteiger charge is -2.21. The number of anilines is 2. The van der Waals surface area contributed by atoms with Crippen LogP contribution in [0.15, 0.2) is 80.1 Å². The molecule has 36 heavy (non-hydrogen) atoms. The summed E-state index contributed by atoms with van der Waals surface area (Å²) in [6.45, 7) is 13.4. The first-order chi connectivity index (χ1) is 17.5. The summed E-state index contributed by atoms with van der Waals surface area (Å²) in [5.41, 5.74) is 4.81. The molecule has 4 rings (SSSR count). The second-order valence-electron chi connectivity index (χ2n) is 7.70. The highest BCUT2D eigenvalue weighted by atomic mass is 32.2. The summed E-state index contributed by atoms with van der Waals surface area (Å²) in [6.07, 6.45) is 3.48. The van der Waals surface area contributed by atoms with Gasteiger partial charge in [0.15, 0.2) is 0 Å². The fourth-order valence-corrected chi connectivity index (χ4v) is 4.21. The number of halogens is 1. The van der Waals surface area contributed by atoms with Gasteiger partial charge in [0.2, 0.25) is 0 Å². The maximum atomic E-state index is 14.8. The van der Waals surface area contributed by atoms with Crippen LogP contribution in [0, 0.1) is 12.7 Å². The summed E-state index contributed by atoms with van der Waals surface area (Å²) in [5.74, 6) is -1.07. The number of aryl methyl sites for hydroxylation is 1. The highest BCUT2D eigenvalue weighted by molar-refractivity contribution is 7.98. The highest BCUT2D eigenvalue weighted by Crippen LogP contribution is 2.28. The third kappa shape index (κ3) is 6.27. The number of rotatable bonds is 8. The summed E-state index contributed by atoms with van der Waals surface area (Å²) in [7, 11) is 0. The molecule has 6 nitrogen and oxygen atoms in total. The van der Waals surface area contributed by atoms with E-state index in [1.54, 1.807) is 24.5 Å². The number of amides is 1. The molecule has 0 fully saturated rings. The van der Waals surface area contributed by atoms with Crippen molar-refractivity contribution in [2.24, 2.45) is 0 Å². The number of pyridine rings is 2. The zero-order valence-electron chi connectivity index (χ0n) is 20.7. The maximum Gasteiger partial charge on any atom is 0.258 e. The van der Waals surface area contributed by atoms with Crippen molar-refractivity contribution >= 4 is 40.3 Å². The number of aromatic nitrogens is 2. The number of fused-ring (bicyclic) bond motifs is 1. The van der Waals surface area contributed by atoms with Crippen molar-refractivity contribution in [3.63, 3.8) is 0 Å². The van der Waals surface area contributed by atoms with Gasteiger partial charge in [-0.1, -0.05) is 13.0 Å². The van der Waals surface area contributed by atoms with E-state index in [1.807, 2.05) is 55.4 Å². The Morgan fingerprint density at radius 3 is 2.61 bits per heavy atom. The van der Waals surface area contributed by atoms with E-state index in [2.05, 4.69) is 28.2 Å². The molecule has 1 amide bonds. The Kier molecular flexibility index (Phi) is 9.55. The smallest absolute Gasteiger partial charge is 0.258 e. The Labute approximate surface area is 215 Å². The minimum absolute atomic E-state index is 0.00768. The number of hydrogen-bond donors (Lipinski definition) is 2. The molecule has 0 aliphatic heterocycles. The largest absolute Gasteiger partial charge is 0.322 e. The van der Waals surface area contributed by atoms with Gasteiger partial charge in [-0.3, -0.25) is 9.78 Å². The maximum absolute atomic E-state index is 14.8. The van der Waals surface area contributed by atoms with Crippen LogP contribution in [0.5, 0.6) is 0 Å². The van der Waals surface area contributed by atoms with Gasteiger partial charge in [0.25, 0.3) is 5.91 Å². The molecule has 2 N–H and O–H groups in total. The quantitative estimate of drug-likeness (QED) is 0.204. The zero-order chi connectivity index (χ0) is 26.1. The predicted molar refractivity (Wildman–Crippen MR) is 150 cm³/mol. The Hall–Kier alpha value is -3.75. The first-order valence-corrected chi connectivity index (χ1v) is 12.4. The van der Waals surface area contributed by atoms with Crippen molar-refractivity contribution in [1.82, 2.24) is 14.7 Å². The number of hydrogen-bond acceptors (Lipinski definition) is 6. The van der Waals surface area contributed by atoms with Gasteiger partial charge in [-0.2, -0.15) is 0 Å². The molecule has 0 bridgehead atoms. The third-order valence-electron chi connectivity index (χ3n) is 5.35. The summed E-state index contributed by atoms with van der Waals surface area (Å²) >= 11 is 1.41. The van der Waals surface area contributed by atoms with Crippen molar-refractivity contribution < 1.29 is 9.18 Å². The molecule has 0 spiro atoms. The van der Waals surface area contributed by atoms with E-state index in [0.717, 1.165) is 34.3 Å². The molecule has 8 heteroatoms. The second-order valence-corrected chi connectivity index (χ2v) is 8.61. The Morgan fingerprint density at radius 1 is 1.08 bits per heavy atom. The minimum atomic E-state index is -0.567. The zero-order valence-corrected chi connectivity index (χ0v) is 21.5. The van der Waals surface area contributed by atoms with Crippen molar-refractivity contribution in [2.75, 3.05) is 22.7 Å². The van der Waals surface area contributed by atoms with Gasteiger partial charge in [-0.15, -0.1) is 13.2 Å². The van der Waals surface area contributed by atoms with Crippen LogP contribution in [0.4, 0.5) is 15.8 Å². The fourth-order valence-electron chi connectivity index (χ4n) is 3.58. The number of nitrogens with zero attached hydrogens (tertiary/aromatic N) is 3. The van der Waals surface area contributed by atoms with Gasteiger partial charge in [0.1, 0.15) is 5.82 Å². The van der Waals surface area contributed by atoms with Crippen LogP contribution in [0.1, 0.15) is 29.8 Å². The first-order valence-electron chi connectivity index (χ1n) is 11.6. The van der Waals surface area contributed by atoms with Gasteiger partial charge in [0, 0.05) is 54.3 Å². The average molecular weight is 504 g/mol. The standard InChI is InChI=1S/C26H26FN5OS.C2H4/c1-4-29-34-32(5-2)20-9-10-21(23(27)15-20)26(33)30-19-8-6-17(3)22(14-19)25-11-7-18-16-28-13-12-24(18)31-25;1-2/h6-16,29H,4-5H2,1-3H3,(H,30,33);1-2H2. The van der Waals surface area contributed by atoms with E-state index in [-0.39, 0.29) is 5.56 Å². The van der Waals surface area contributed by atoms with Gasteiger partial charge < -0.3 is 9.62 Å². The van der Waals surface area contributed by atoms with Crippen LogP contribution in [0.25, 0.3) is 22.2 Å². The minimum Gasteiger partial charge on any atom is -0.322 e. The molecule has 186 valence electrons. The lowest BCUT2D eigenvalue weighted by atomic mass is 10.0. The highest BCUT2D eigenvalue weighted by Gasteiger charge is 2.16. The van der Waals surface area contributed by atoms with Gasteiger partial charge in [-0.05, 0) is 67.9 Å². The average Bonchev–Trinajstić information content (AvgIpc) is 2.91. The summed E-state index contributed by atoms with van der Waals surface area (Å²) < 4.78 is 19.9. The van der Waals surface area contributed by atoms with Crippen LogP contribution in [0.3, 0.4) is 0 Å². The molecule has 0 radical (unpaired) electrons. The van der Waals surface area contributed by atoms with E-state index >= 15 is 0 Å². The number of benzene rings is 2. The molecule has 2 aromatic heterocycles. The second kappa shape index (κ2) is 12.8. The number of carbonyl (C=O) groups excluding carboxylic acids is 1. The molecule has 0 unspecified atom stereocenters. The van der Waals surface area contributed by atoms with E-state index in [9.17, 15) is 9.18 Å². The monoisotopic (exact) mass is 503 g/mol. The third-order valence-corrected chi connectivity index (χ3v) is 6.46. The van der Waals surface area contributed by atoms with Crippen LogP contribution < -0.4 is 14.3 Å². The van der Waals surface area contributed by atoms with Crippen LogP contribution >= 0.6 is 12.1 Å². The molecule has 2 aromatic carbocycles. The molecular formula is C28H30FN5OS. The summed E-state index contributed by atoms with van der Waals surface area (Å²) in [4.78, 5) is 21.7. The lowest BCUT2D eigenvalue weighted by molar-refractivity contribution is 0.102. The Morgan fingerprint density at radius 2 is 1.89 bits per heavy atom. The van der Waals surface area contributed by atoms with Crippen LogP contribution in [0.2, 0.25) is 0 Å². The molecular weight excluding hydrogens is 473 g/mol. The van der Waals surface area contributed by atoms with E-state index < -0.39 is 11.7 Å². The van der Waals surface area contributed by atoms with Gasteiger partial charge >= 0.3 is 0 Å². The van der Waals surface area contributed by atoms with Crippen molar-refractivity contribution in [3.05, 3.63) is 97.1 Å². The SMILES string of the molecule is C=C.CCNSN(CC)c1ccc(C(=O)Nc2ccc(C)c(-c3ccc4cnccc4n3)c2)c(F)c1. The van der Waals surface area contributed by atoms with Crippen LogP contribution in [-0.4, -0.2) is 29.0 Å². The Balaban J connectivity index is 0.00000176. The van der Waals surface area contributed by atoms with Gasteiger partial charge in [-0.25, -0.2) is 14.1 Å². The lowest BCUT2D eigenvalue weighted by Crippen LogP contribution is -2.21. The molecule has 0 saturated heterocycles. The predicted octanol–water partition coefficient (Wildman–Crippen LogP) is 6.80. The van der Waals surface area contributed by atoms with Crippen LogP contribution in [-0.2, 0) is 0 Å². The number of carbonyl (C=O) groups is 1. The summed E-state index contributed by atoms with van der Waals surface area (Å²) in [5, 5.41) is 3.78. The molecule has 0 atom stereocenters. The van der Waals surface area contributed by atoms with Gasteiger partial charge in [0.05, 0.1) is 22.5 Å². The van der Waals surface area contributed by atoms with Crippen molar-refractivity contribution in [2.45, 2.75) is 20.8 Å². The molecule has 2 heterocycles. The molecule has 0 aliphatic carbocycles. The molecule has 0 aliphatic rings. The topological polar surface area (TPSA) is 70.2 Å². The van der Waals surface area contributed by atoms with Crippen molar-refractivity contribution in [1.29, 1.82) is 0 Å². The number of nitrogens with one attached hydrogen (secondary N) is 2. The first kappa shape index (κ1) is 26.8. The van der Waals surface area contributed by atoms with E-state index in [4.69, 9.17) is 4.98 Å². The van der Waals surface area contributed by atoms with E-state index in [1.165, 1.54) is 24.3 Å². The molecule has 4 aromatic rings.